The molecule has 0 saturated heterocycles. The average molecular weight is 257 g/mol. The Labute approximate surface area is 115 Å². The Hall–Kier alpha value is -1.45. The molecule has 0 aliphatic heterocycles. The van der Waals surface area contributed by atoms with Gasteiger partial charge in [0, 0.05) is 24.7 Å². The van der Waals surface area contributed by atoms with Gasteiger partial charge in [-0.25, -0.2) is 0 Å². The van der Waals surface area contributed by atoms with E-state index in [2.05, 4.69) is 55.0 Å². The van der Waals surface area contributed by atoms with E-state index in [4.69, 9.17) is 5.73 Å². The predicted octanol–water partition coefficient (Wildman–Crippen LogP) is 2.65. The van der Waals surface area contributed by atoms with Crippen molar-refractivity contribution in [3.63, 3.8) is 0 Å². The monoisotopic (exact) mass is 257 g/mol. The molecule has 3 nitrogen and oxygen atoms in total. The molecule has 0 atom stereocenters. The van der Waals surface area contributed by atoms with Crippen LogP contribution in [0.3, 0.4) is 0 Å². The SMILES string of the molecule is CN(Cc1ccc2ncccc2c1)CC(C)(C)CN. The lowest BCUT2D eigenvalue weighted by molar-refractivity contribution is 0.210. The van der Waals surface area contributed by atoms with Crippen molar-refractivity contribution in [2.75, 3.05) is 20.1 Å². The van der Waals surface area contributed by atoms with Crippen LogP contribution in [0.15, 0.2) is 36.5 Å². The number of pyridine rings is 1. The van der Waals surface area contributed by atoms with Gasteiger partial charge in [0.1, 0.15) is 0 Å². The first-order valence-corrected chi connectivity index (χ1v) is 6.72. The van der Waals surface area contributed by atoms with Gasteiger partial charge in [-0.05, 0) is 42.8 Å². The second-order valence-electron chi connectivity index (χ2n) is 6.07. The summed E-state index contributed by atoms with van der Waals surface area (Å²) in [7, 11) is 2.14. The normalized spacial score (nSPS) is 12.3. The van der Waals surface area contributed by atoms with Crippen molar-refractivity contribution in [1.29, 1.82) is 0 Å². The fourth-order valence-corrected chi connectivity index (χ4v) is 2.39. The second-order valence-corrected chi connectivity index (χ2v) is 6.07. The fraction of sp³-hybridized carbons (Fsp3) is 0.438. The van der Waals surface area contributed by atoms with Gasteiger partial charge in [0.15, 0.2) is 0 Å². The van der Waals surface area contributed by atoms with Crippen molar-refractivity contribution < 1.29 is 0 Å². The van der Waals surface area contributed by atoms with Crippen LogP contribution in [0.1, 0.15) is 19.4 Å². The van der Waals surface area contributed by atoms with Crippen LogP contribution in [0.4, 0.5) is 0 Å². The van der Waals surface area contributed by atoms with Crippen LogP contribution in [0.2, 0.25) is 0 Å². The van der Waals surface area contributed by atoms with Gasteiger partial charge in [0.2, 0.25) is 0 Å². The van der Waals surface area contributed by atoms with E-state index in [0.29, 0.717) is 6.54 Å². The lowest BCUT2D eigenvalue weighted by atomic mass is 9.93. The van der Waals surface area contributed by atoms with Crippen LogP contribution in [-0.4, -0.2) is 30.0 Å². The molecule has 0 unspecified atom stereocenters. The molecule has 0 radical (unpaired) electrons. The molecule has 2 N–H and O–H groups in total. The summed E-state index contributed by atoms with van der Waals surface area (Å²) in [5, 5.41) is 1.20. The Bertz CT molecular complexity index is 548. The van der Waals surface area contributed by atoms with Crippen LogP contribution < -0.4 is 5.73 Å². The van der Waals surface area contributed by atoms with Crippen molar-refractivity contribution >= 4 is 10.9 Å². The number of aromatic nitrogens is 1. The Morgan fingerprint density at radius 1 is 1.26 bits per heavy atom. The summed E-state index contributed by atoms with van der Waals surface area (Å²) in [6, 6.07) is 10.5. The van der Waals surface area contributed by atoms with E-state index >= 15 is 0 Å². The predicted molar refractivity (Wildman–Crippen MR) is 80.9 cm³/mol. The standard InChI is InChI=1S/C16H23N3/c1-16(2,11-17)12-19(3)10-13-6-7-15-14(9-13)5-4-8-18-15/h4-9H,10-12,17H2,1-3H3. The summed E-state index contributed by atoms with van der Waals surface area (Å²) in [4.78, 5) is 6.67. The molecule has 0 fully saturated rings. The maximum atomic E-state index is 5.79. The highest BCUT2D eigenvalue weighted by atomic mass is 15.1. The molecule has 0 bridgehead atoms. The Morgan fingerprint density at radius 2 is 2.05 bits per heavy atom. The summed E-state index contributed by atoms with van der Waals surface area (Å²) < 4.78 is 0. The summed E-state index contributed by atoms with van der Waals surface area (Å²) in [6.45, 7) is 7.05. The second kappa shape index (κ2) is 5.68. The van der Waals surface area contributed by atoms with Crippen LogP contribution >= 0.6 is 0 Å². The van der Waals surface area contributed by atoms with Crippen LogP contribution in [0.5, 0.6) is 0 Å². The molecule has 1 aromatic carbocycles. The molecule has 1 heterocycles. The van der Waals surface area contributed by atoms with E-state index < -0.39 is 0 Å². The molecule has 102 valence electrons. The smallest absolute Gasteiger partial charge is 0.0702 e. The maximum Gasteiger partial charge on any atom is 0.0702 e. The van der Waals surface area contributed by atoms with Crippen LogP contribution in [0, 0.1) is 5.41 Å². The number of rotatable bonds is 5. The molecule has 19 heavy (non-hydrogen) atoms. The van der Waals surface area contributed by atoms with Gasteiger partial charge in [0.05, 0.1) is 5.52 Å². The molecular weight excluding hydrogens is 234 g/mol. The number of nitrogens with two attached hydrogens (primary N) is 1. The summed E-state index contributed by atoms with van der Waals surface area (Å²) in [5.41, 5.74) is 8.31. The molecule has 0 spiro atoms. The van der Waals surface area contributed by atoms with Gasteiger partial charge in [-0.15, -0.1) is 0 Å². The summed E-state index contributed by atoms with van der Waals surface area (Å²) >= 11 is 0. The molecule has 2 aromatic rings. The molecule has 3 heteroatoms. The highest BCUT2D eigenvalue weighted by Crippen LogP contribution is 2.18. The molecule has 0 saturated carbocycles. The van der Waals surface area contributed by atoms with E-state index in [-0.39, 0.29) is 5.41 Å². The molecule has 0 aliphatic carbocycles. The van der Waals surface area contributed by atoms with Gasteiger partial charge in [0.25, 0.3) is 0 Å². The first-order valence-electron chi connectivity index (χ1n) is 6.72. The third-order valence-electron chi connectivity index (χ3n) is 3.37. The minimum absolute atomic E-state index is 0.160. The lowest BCUT2D eigenvalue weighted by Crippen LogP contribution is -2.36. The van der Waals surface area contributed by atoms with Crippen molar-refractivity contribution in [3.8, 4) is 0 Å². The Kier molecular flexibility index (Phi) is 4.17. The number of fused-ring (bicyclic) bond motifs is 1. The van der Waals surface area contributed by atoms with Crippen molar-refractivity contribution in [3.05, 3.63) is 42.1 Å². The Balaban J connectivity index is 2.08. The zero-order valence-corrected chi connectivity index (χ0v) is 12.1. The first-order chi connectivity index (χ1) is 9.00. The van der Waals surface area contributed by atoms with E-state index in [1.807, 2.05) is 12.3 Å². The third-order valence-corrected chi connectivity index (χ3v) is 3.37. The largest absolute Gasteiger partial charge is 0.330 e. The van der Waals surface area contributed by atoms with Gasteiger partial charge in [-0.2, -0.15) is 0 Å². The van der Waals surface area contributed by atoms with Gasteiger partial charge in [-0.3, -0.25) is 4.98 Å². The molecule has 0 aliphatic rings. The number of hydrogen-bond donors (Lipinski definition) is 1. The molecule has 2 rings (SSSR count). The van der Waals surface area contributed by atoms with Gasteiger partial charge < -0.3 is 10.6 Å². The van der Waals surface area contributed by atoms with E-state index in [0.717, 1.165) is 18.6 Å². The topological polar surface area (TPSA) is 42.2 Å². The minimum Gasteiger partial charge on any atom is -0.330 e. The minimum atomic E-state index is 0.160. The van der Waals surface area contributed by atoms with Crippen molar-refractivity contribution in [2.24, 2.45) is 11.1 Å². The van der Waals surface area contributed by atoms with Crippen LogP contribution in [-0.2, 0) is 6.54 Å². The van der Waals surface area contributed by atoms with Gasteiger partial charge >= 0.3 is 0 Å². The first kappa shape index (κ1) is 14.0. The zero-order valence-electron chi connectivity index (χ0n) is 12.1. The van der Waals surface area contributed by atoms with Crippen molar-refractivity contribution in [1.82, 2.24) is 9.88 Å². The zero-order chi connectivity index (χ0) is 13.9. The van der Waals surface area contributed by atoms with Gasteiger partial charge in [-0.1, -0.05) is 26.0 Å². The number of hydrogen-bond acceptors (Lipinski definition) is 3. The van der Waals surface area contributed by atoms with E-state index in [1.165, 1.54) is 10.9 Å². The number of benzene rings is 1. The Morgan fingerprint density at radius 3 is 2.79 bits per heavy atom. The average Bonchev–Trinajstić information content (AvgIpc) is 2.38. The lowest BCUT2D eigenvalue weighted by Gasteiger charge is -2.29. The van der Waals surface area contributed by atoms with E-state index in [1.54, 1.807) is 0 Å². The summed E-state index contributed by atoms with van der Waals surface area (Å²) in [5.74, 6) is 0. The molecule has 0 amide bonds. The highest BCUT2D eigenvalue weighted by molar-refractivity contribution is 5.78. The maximum absolute atomic E-state index is 5.79. The quantitative estimate of drug-likeness (QED) is 0.895. The highest BCUT2D eigenvalue weighted by Gasteiger charge is 2.18. The third kappa shape index (κ3) is 3.75. The summed E-state index contributed by atoms with van der Waals surface area (Å²) in [6.07, 6.45) is 1.83. The molecular formula is C16H23N3. The fourth-order valence-electron chi connectivity index (χ4n) is 2.39. The van der Waals surface area contributed by atoms with Crippen molar-refractivity contribution in [2.45, 2.75) is 20.4 Å². The van der Waals surface area contributed by atoms with E-state index in [9.17, 15) is 0 Å². The molecule has 1 aromatic heterocycles. The number of nitrogens with zero attached hydrogens (tertiary/aromatic N) is 2. The van der Waals surface area contributed by atoms with Crippen LogP contribution in [0.25, 0.3) is 10.9 Å².